The molecule has 0 saturated carbocycles. The molecule has 1 amide bonds. The maximum atomic E-state index is 12.0. The number of amides is 1. The molecule has 0 heterocycles. The van der Waals surface area contributed by atoms with Crippen molar-refractivity contribution in [3.8, 4) is 0 Å². The van der Waals surface area contributed by atoms with Crippen LogP contribution in [0.2, 0.25) is 0 Å². The molecule has 2 aromatic carbocycles. The van der Waals surface area contributed by atoms with Crippen molar-refractivity contribution in [3.05, 3.63) is 54.6 Å². The van der Waals surface area contributed by atoms with E-state index in [2.05, 4.69) is 5.32 Å². The van der Waals surface area contributed by atoms with Gasteiger partial charge < -0.3 is 10.1 Å². The van der Waals surface area contributed by atoms with Crippen LogP contribution in [0.3, 0.4) is 0 Å². The Labute approximate surface area is 156 Å². The Hall–Kier alpha value is -2.32. The van der Waals surface area contributed by atoms with Gasteiger partial charge in [-0.3, -0.25) is 9.59 Å². The quantitative estimate of drug-likeness (QED) is 0.575. The van der Waals surface area contributed by atoms with Gasteiger partial charge in [0, 0.05) is 16.8 Å². The Morgan fingerprint density at radius 2 is 1.81 bits per heavy atom. The number of rotatable bonds is 7. The highest BCUT2D eigenvalue weighted by Crippen LogP contribution is 2.23. The number of thioether (sulfide) groups is 1. The van der Waals surface area contributed by atoms with E-state index in [1.807, 2.05) is 30.3 Å². The van der Waals surface area contributed by atoms with E-state index in [4.69, 9.17) is 4.74 Å². The van der Waals surface area contributed by atoms with Crippen molar-refractivity contribution in [1.82, 2.24) is 0 Å². The van der Waals surface area contributed by atoms with Gasteiger partial charge >= 0.3 is 5.97 Å². The van der Waals surface area contributed by atoms with Crippen LogP contribution < -0.4 is 5.32 Å². The summed E-state index contributed by atoms with van der Waals surface area (Å²) in [4.78, 5) is 24.9. The van der Waals surface area contributed by atoms with Gasteiger partial charge in [0.2, 0.25) is 0 Å². The molecule has 8 heteroatoms. The summed E-state index contributed by atoms with van der Waals surface area (Å²) in [5, 5.41) is 2.05. The number of hydrogen-bond acceptors (Lipinski definition) is 6. The van der Waals surface area contributed by atoms with E-state index in [1.54, 1.807) is 13.0 Å². The minimum atomic E-state index is -3.37. The molecule has 2 rings (SSSR count). The van der Waals surface area contributed by atoms with Crippen molar-refractivity contribution in [1.29, 1.82) is 0 Å². The molecule has 2 aromatic rings. The van der Waals surface area contributed by atoms with Crippen LogP contribution in [-0.4, -0.2) is 38.4 Å². The zero-order chi connectivity index (χ0) is 19.2. The standard InChI is InChI=1S/C18H19NO5S2/c1-13(25-15-8-4-3-5-9-15)18(21)24-12-17(20)19-14-7-6-10-16(11-14)26(2,22)23/h3-11,13H,12H2,1-2H3,(H,19,20)/t13-/m0/s1. The molecule has 26 heavy (non-hydrogen) atoms. The predicted octanol–water partition coefficient (Wildman–Crippen LogP) is 2.75. The predicted molar refractivity (Wildman–Crippen MR) is 101 cm³/mol. The summed E-state index contributed by atoms with van der Waals surface area (Å²) < 4.78 is 28.1. The van der Waals surface area contributed by atoms with Crippen molar-refractivity contribution in [2.75, 3.05) is 18.2 Å². The van der Waals surface area contributed by atoms with E-state index < -0.39 is 33.6 Å². The molecule has 0 aliphatic rings. The summed E-state index contributed by atoms with van der Waals surface area (Å²) >= 11 is 1.34. The first-order chi connectivity index (χ1) is 12.3. The Morgan fingerprint density at radius 3 is 2.46 bits per heavy atom. The van der Waals surface area contributed by atoms with Gasteiger partial charge in [0.1, 0.15) is 5.25 Å². The van der Waals surface area contributed by atoms with Crippen molar-refractivity contribution < 1.29 is 22.7 Å². The van der Waals surface area contributed by atoms with Gasteiger partial charge in [-0.2, -0.15) is 0 Å². The summed E-state index contributed by atoms with van der Waals surface area (Å²) in [5.41, 5.74) is 0.320. The average molecular weight is 393 g/mol. The summed E-state index contributed by atoms with van der Waals surface area (Å²) in [6, 6.07) is 15.3. The van der Waals surface area contributed by atoms with E-state index in [0.717, 1.165) is 11.2 Å². The van der Waals surface area contributed by atoms with Gasteiger partial charge in [0.05, 0.1) is 4.90 Å². The van der Waals surface area contributed by atoms with Gasteiger partial charge in [0.25, 0.3) is 5.91 Å². The highest BCUT2D eigenvalue weighted by atomic mass is 32.2. The molecule has 0 aliphatic heterocycles. The number of carbonyl (C=O) groups excluding carboxylic acids is 2. The number of ether oxygens (including phenoxy) is 1. The second-order valence-electron chi connectivity index (χ2n) is 5.53. The highest BCUT2D eigenvalue weighted by Gasteiger charge is 2.17. The fourth-order valence-electron chi connectivity index (χ4n) is 2.01. The lowest BCUT2D eigenvalue weighted by Crippen LogP contribution is -2.24. The number of nitrogens with one attached hydrogen (secondary N) is 1. The number of benzene rings is 2. The minimum absolute atomic E-state index is 0.0974. The molecule has 0 fully saturated rings. The number of sulfone groups is 1. The molecule has 0 bridgehead atoms. The normalized spacial score (nSPS) is 12.2. The van der Waals surface area contributed by atoms with Crippen LogP contribution in [0.25, 0.3) is 0 Å². The number of esters is 1. The summed E-state index contributed by atoms with van der Waals surface area (Å²) in [7, 11) is -3.37. The van der Waals surface area contributed by atoms with Gasteiger partial charge in [0.15, 0.2) is 16.4 Å². The maximum absolute atomic E-state index is 12.0. The summed E-state index contributed by atoms with van der Waals surface area (Å²) in [6.45, 7) is 1.26. The monoisotopic (exact) mass is 393 g/mol. The molecule has 0 aliphatic carbocycles. The first kappa shape index (κ1) is 20.0. The molecular weight excluding hydrogens is 374 g/mol. The Bertz CT molecular complexity index is 881. The van der Waals surface area contributed by atoms with Crippen molar-refractivity contribution >= 4 is 39.2 Å². The Morgan fingerprint density at radius 1 is 1.12 bits per heavy atom. The zero-order valence-corrected chi connectivity index (χ0v) is 16.0. The number of hydrogen-bond donors (Lipinski definition) is 1. The van der Waals surface area contributed by atoms with Gasteiger partial charge in [-0.1, -0.05) is 24.3 Å². The lowest BCUT2D eigenvalue weighted by molar-refractivity contribution is -0.146. The molecule has 1 atom stereocenters. The second kappa shape index (κ2) is 8.86. The lowest BCUT2D eigenvalue weighted by atomic mass is 10.3. The number of carbonyl (C=O) groups is 2. The van der Waals surface area contributed by atoms with E-state index in [-0.39, 0.29) is 4.90 Å². The van der Waals surface area contributed by atoms with Crippen LogP contribution in [-0.2, 0) is 24.2 Å². The third-order valence-electron chi connectivity index (χ3n) is 3.28. The van der Waals surface area contributed by atoms with Gasteiger partial charge in [-0.15, -0.1) is 11.8 Å². The molecule has 0 radical (unpaired) electrons. The van der Waals surface area contributed by atoms with Crippen molar-refractivity contribution in [3.63, 3.8) is 0 Å². The Balaban J connectivity index is 1.85. The van der Waals surface area contributed by atoms with E-state index in [1.165, 1.54) is 30.0 Å². The largest absolute Gasteiger partial charge is 0.455 e. The molecule has 0 spiro atoms. The lowest BCUT2D eigenvalue weighted by Gasteiger charge is -2.11. The van der Waals surface area contributed by atoms with Crippen LogP contribution in [0.15, 0.2) is 64.4 Å². The highest BCUT2D eigenvalue weighted by molar-refractivity contribution is 8.00. The summed E-state index contributed by atoms with van der Waals surface area (Å²) in [6.07, 6.45) is 1.08. The van der Waals surface area contributed by atoms with E-state index in [0.29, 0.717) is 5.69 Å². The van der Waals surface area contributed by atoms with Gasteiger partial charge in [-0.25, -0.2) is 8.42 Å². The maximum Gasteiger partial charge on any atom is 0.319 e. The minimum Gasteiger partial charge on any atom is -0.455 e. The van der Waals surface area contributed by atoms with Crippen molar-refractivity contribution in [2.45, 2.75) is 22.0 Å². The molecule has 6 nitrogen and oxygen atoms in total. The fourth-order valence-corrected chi connectivity index (χ4v) is 3.56. The molecule has 1 N–H and O–H groups in total. The van der Waals surface area contributed by atoms with Crippen LogP contribution in [0.4, 0.5) is 5.69 Å². The first-order valence-corrected chi connectivity index (χ1v) is 10.5. The SMILES string of the molecule is C[C@H](Sc1ccccc1)C(=O)OCC(=O)Nc1cccc(S(C)(=O)=O)c1. The smallest absolute Gasteiger partial charge is 0.319 e. The van der Waals surface area contributed by atoms with E-state index in [9.17, 15) is 18.0 Å². The average Bonchev–Trinajstić information content (AvgIpc) is 2.60. The zero-order valence-electron chi connectivity index (χ0n) is 14.3. The fraction of sp³-hybridized carbons (Fsp3) is 0.222. The van der Waals surface area contributed by atoms with Crippen LogP contribution in [0, 0.1) is 0 Å². The third kappa shape index (κ3) is 6.20. The molecule has 0 unspecified atom stereocenters. The third-order valence-corrected chi connectivity index (χ3v) is 5.48. The summed E-state index contributed by atoms with van der Waals surface area (Å²) in [5.74, 6) is -1.04. The van der Waals surface area contributed by atoms with Crippen LogP contribution >= 0.6 is 11.8 Å². The molecule has 138 valence electrons. The van der Waals surface area contributed by atoms with Gasteiger partial charge in [-0.05, 0) is 37.3 Å². The topological polar surface area (TPSA) is 89.5 Å². The molecule has 0 saturated heterocycles. The van der Waals surface area contributed by atoms with E-state index >= 15 is 0 Å². The molecular formula is C18H19NO5S2. The van der Waals surface area contributed by atoms with Crippen molar-refractivity contribution in [2.24, 2.45) is 0 Å². The Kier molecular flexibility index (Phi) is 6.82. The second-order valence-corrected chi connectivity index (χ2v) is 8.96. The van der Waals surface area contributed by atoms with Crippen LogP contribution in [0.1, 0.15) is 6.92 Å². The first-order valence-electron chi connectivity index (χ1n) is 7.74. The molecule has 0 aromatic heterocycles. The number of anilines is 1. The van der Waals surface area contributed by atoms with Crippen LogP contribution in [0.5, 0.6) is 0 Å².